The van der Waals surface area contributed by atoms with Gasteiger partial charge in [0.25, 0.3) is 5.91 Å². The van der Waals surface area contributed by atoms with Gasteiger partial charge in [-0.25, -0.2) is 4.98 Å². The average molecular weight is 333 g/mol. The molecule has 1 amide bonds. The van der Waals surface area contributed by atoms with E-state index in [-0.39, 0.29) is 5.91 Å². The molecule has 1 aliphatic carbocycles. The molecule has 25 heavy (non-hydrogen) atoms. The van der Waals surface area contributed by atoms with Crippen molar-refractivity contribution in [1.29, 1.82) is 0 Å². The lowest BCUT2D eigenvalue weighted by Crippen LogP contribution is -2.32. The van der Waals surface area contributed by atoms with Gasteiger partial charge < -0.3 is 9.30 Å². The summed E-state index contributed by atoms with van der Waals surface area (Å²) in [5.41, 5.74) is 3.83. The Kier molecular flexibility index (Phi) is 4.04. The third-order valence-electron chi connectivity index (χ3n) is 4.83. The van der Waals surface area contributed by atoms with Crippen LogP contribution in [0.4, 0.5) is 0 Å². The van der Waals surface area contributed by atoms with E-state index in [1.54, 1.807) is 0 Å². The predicted molar refractivity (Wildman–Crippen MR) is 98.6 cm³/mol. The molecule has 0 saturated heterocycles. The van der Waals surface area contributed by atoms with E-state index in [4.69, 9.17) is 0 Å². The van der Waals surface area contributed by atoms with E-state index in [2.05, 4.69) is 43.1 Å². The summed E-state index contributed by atoms with van der Waals surface area (Å²) in [4.78, 5) is 19.5. The van der Waals surface area contributed by atoms with Crippen LogP contribution < -0.4 is 0 Å². The van der Waals surface area contributed by atoms with E-state index in [9.17, 15) is 4.79 Å². The highest BCUT2D eigenvalue weighted by Crippen LogP contribution is 2.30. The minimum absolute atomic E-state index is 0.0270. The first kappa shape index (κ1) is 15.9. The predicted octanol–water partition coefficient (Wildman–Crippen LogP) is 4.26. The first-order valence-corrected chi connectivity index (χ1v) is 8.95. The van der Waals surface area contributed by atoms with Crippen molar-refractivity contribution in [1.82, 2.24) is 14.3 Å². The van der Waals surface area contributed by atoms with Crippen LogP contribution in [0, 0.1) is 0 Å². The molecule has 0 radical (unpaired) electrons. The number of aromatic nitrogens is 2. The van der Waals surface area contributed by atoms with Gasteiger partial charge in [0.05, 0.1) is 0 Å². The summed E-state index contributed by atoms with van der Waals surface area (Å²) in [6, 6.07) is 14.8. The van der Waals surface area contributed by atoms with Crippen molar-refractivity contribution in [3.63, 3.8) is 0 Å². The highest BCUT2D eigenvalue weighted by molar-refractivity contribution is 5.93. The zero-order valence-corrected chi connectivity index (χ0v) is 14.7. The smallest absolute Gasteiger partial charge is 0.274 e. The van der Waals surface area contributed by atoms with E-state index in [0.717, 1.165) is 18.5 Å². The van der Waals surface area contributed by atoms with Gasteiger partial charge in [0.15, 0.2) is 0 Å². The number of fused-ring (bicyclic) bond motifs is 1. The zero-order chi connectivity index (χ0) is 17.4. The monoisotopic (exact) mass is 333 g/mol. The number of carbonyl (C=O) groups is 1. The van der Waals surface area contributed by atoms with Crippen LogP contribution in [0.2, 0.25) is 0 Å². The van der Waals surface area contributed by atoms with Crippen LogP contribution >= 0.6 is 0 Å². The minimum atomic E-state index is 0.0270. The third-order valence-corrected chi connectivity index (χ3v) is 4.83. The number of benzene rings is 1. The first-order chi connectivity index (χ1) is 12.1. The summed E-state index contributed by atoms with van der Waals surface area (Å²) in [5.74, 6) is 0.548. The Morgan fingerprint density at radius 1 is 1.20 bits per heavy atom. The normalized spacial score (nSPS) is 14.2. The van der Waals surface area contributed by atoms with Gasteiger partial charge >= 0.3 is 0 Å². The summed E-state index contributed by atoms with van der Waals surface area (Å²) in [6.45, 7) is 5.03. The van der Waals surface area contributed by atoms with E-state index in [0.29, 0.717) is 24.2 Å². The van der Waals surface area contributed by atoms with Gasteiger partial charge in [0, 0.05) is 25.0 Å². The Bertz CT molecular complexity index is 858. The molecule has 0 spiro atoms. The molecule has 0 N–H and O–H groups in total. The van der Waals surface area contributed by atoms with Crippen molar-refractivity contribution in [2.75, 3.05) is 0 Å². The fourth-order valence-corrected chi connectivity index (χ4v) is 3.14. The summed E-state index contributed by atoms with van der Waals surface area (Å²) in [5, 5.41) is 0. The number of nitrogens with zero attached hydrogens (tertiary/aromatic N) is 3. The molecule has 4 heteroatoms. The molecule has 4 rings (SSSR count). The van der Waals surface area contributed by atoms with Gasteiger partial charge in [-0.3, -0.25) is 4.79 Å². The van der Waals surface area contributed by atoms with Gasteiger partial charge in [-0.2, -0.15) is 0 Å². The van der Waals surface area contributed by atoms with Crippen molar-refractivity contribution in [3.05, 3.63) is 71.7 Å². The second kappa shape index (κ2) is 6.36. The molecule has 1 saturated carbocycles. The van der Waals surface area contributed by atoms with Gasteiger partial charge in [-0.15, -0.1) is 0 Å². The summed E-state index contributed by atoms with van der Waals surface area (Å²) < 4.78 is 1.90. The Morgan fingerprint density at radius 2 is 1.96 bits per heavy atom. The fraction of sp³-hybridized carbons (Fsp3) is 0.333. The second-order valence-corrected chi connectivity index (χ2v) is 7.15. The van der Waals surface area contributed by atoms with Crippen LogP contribution in [0.15, 0.2) is 54.9 Å². The Hall–Kier alpha value is -2.62. The lowest BCUT2D eigenvalue weighted by molar-refractivity contribution is 0.0724. The van der Waals surface area contributed by atoms with Gasteiger partial charge in [-0.1, -0.05) is 44.2 Å². The summed E-state index contributed by atoms with van der Waals surface area (Å²) in [7, 11) is 0. The highest BCUT2D eigenvalue weighted by atomic mass is 16.2. The molecular weight excluding hydrogens is 310 g/mol. The lowest BCUT2D eigenvalue weighted by Gasteiger charge is -2.22. The number of hydrogen-bond acceptors (Lipinski definition) is 2. The Balaban J connectivity index is 1.57. The standard InChI is InChI=1S/C21H23N3O/c1-15(2)17-8-6-16(7-9-17)13-24(18-10-11-18)21(25)19-14-23-12-4-3-5-20(23)22-19/h3-9,12,14-15,18H,10-11,13H2,1-2H3. The molecule has 0 atom stereocenters. The third kappa shape index (κ3) is 3.29. The van der Waals surface area contributed by atoms with Crippen molar-refractivity contribution in [3.8, 4) is 0 Å². The number of imidazole rings is 1. The molecular formula is C21H23N3O. The maximum absolute atomic E-state index is 13.0. The molecule has 0 bridgehead atoms. The van der Waals surface area contributed by atoms with Crippen molar-refractivity contribution in [2.24, 2.45) is 0 Å². The SMILES string of the molecule is CC(C)c1ccc(CN(C(=O)c2cn3ccccc3n2)C2CC2)cc1. The molecule has 1 fully saturated rings. The van der Waals surface area contributed by atoms with Crippen molar-refractivity contribution in [2.45, 2.75) is 45.2 Å². The molecule has 1 aliphatic rings. The zero-order valence-electron chi connectivity index (χ0n) is 14.7. The van der Waals surface area contributed by atoms with Crippen LogP contribution in [0.3, 0.4) is 0 Å². The largest absolute Gasteiger partial charge is 0.330 e. The number of amides is 1. The molecule has 128 valence electrons. The molecule has 2 heterocycles. The maximum atomic E-state index is 13.0. The lowest BCUT2D eigenvalue weighted by atomic mass is 10.0. The Labute approximate surface area is 148 Å². The van der Waals surface area contributed by atoms with Gasteiger partial charge in [0.1, 0.15) is 11.3 Å². The van der Waals surface area contributed by atoms with E-state index in [1.165, 1.54) is 11.1 Å². The van der Waals surface area contributed by atoms with Crippen LogP contribution in [-0.2, 0) is 6.54 Å². The molecule has 4 nitrogen and oxygen atoms in total. The number of carbonyl (C=O) groups excluding carboxylic acids is 1. The molecule has 0 aliphatic heterocycles. The summed E-state index contributed by atoms with van der Waals surface area (Å²) >= 11 is 0. The van der Waals surface area contributed by atoms with Gasteiger partial charge in [0.2, 0.25) is 0 Å². The molecule has 0 unspecified atom stereocenters. The summed E-state index contributed by atoms with van der Waals surface area (Å²) in [6.07, 6.45) is 5.92. The van der Waals surface area contributed by atoms with E-state index >= 15 is 0 Å². The van der Waals surface area contributed by atoms with Crippen LogP contribution in [0.1, 0.15) is 54.2 Å². The van der Waals surface area contributed by atoms with E-state index < -0.39 is 0 Å². The number of hydrogen-bond donors (Lipinski definition) is 0. The molecule has 1 aromatic carbocycles. The quantitative estimate of drug-likeness (QED) is 0.699. The highest BCUT2D eigenvalue weighted by Gasteiger charge is 2.34. The maximum Gasteiger partial charge on any atom is 0.274 e. The topological polar surface area (TPSA) is 37.6 Å². The Morgan fingerprint density at radius 3 is 2.60 bits per heavy atom. The van der Waals surface area contributed by atoms with Crippen LogP contribution in [0.5, 0.6) is 0 Å². The fourth-order valence-electron chi connectivity index (χ4n) is 3.14. The van der Waals surface area contributed by atoms with Crippen molar-refractivity contribution < 1.29 is 4.79 Å². The van der Waals surface area contributed by atoms with Gasteiger partial charge in [-0.05, 0) is 42.0 Å². The number of rotatable bonds is 5. The number of pyridine rings is 1. The van der Waals surface area contributed by atoms with Crippen LogP contribution in [0.25, 0.3) is 5.65 Å². The second-order valence-electron chi connectivity index (χ2n) is 7.15. The minimum Gasteiger partial charge on any atom is -0.330 e. The van der Waals surface area contributed by atoms with E-state index in [1.807, 2.05) is 39.9 Å². The van der Waals surface area contributed by atoms with Crippen LogP contribution in [-0.4, -0.2) is 26.2 Å². The average Bonchev–Trinajstić information content (AvgIpc) is 3.37. The van der Waals surface area contributed by atoms with Crippen molar-refractivity contribution >= 4 is 11.6 Å². The first-order valence-electron chi connectivity index (χ1n) is 8.95. The molecule has 3 aromatic rings. The molecule has 2 aromatic heterocycles.